The van der Waals surface area contributed by atoms with Crippen molar-refractivity contribution in [3.8, 4) is 17.2 Å². The predicted molar refractivity (Wildman–Crippen MR) is 157 cm³/mol. The van der Waals surface area contributed by atoms with Gasteiger partial charge in [0.25, 0.3) is 5.91 Å². The van der Waals surface area contributed by atoms with Crippen LogP contribution < -0.4 is 16.0 Å². The second kappa shape index (κ2) is 12.1. The minimum atomic E-state index is -4.86. The highest BCUT2D eigenvalue weighted by atomic mass is 19.4. The van der Waals surface area contributed by atoms with E-state index in [1.807, 2.05) is 6.07 Å². The molecule has 3 N–H and O–H groups in total. The second-order valence-corrected chi connectivity index (χ2v) is 10.9. The van der Waals surface area contributed by atoms with E-state index in [1.165, 1.54) is 36.4 Å². The van der Waals surface area contributed by atoms with Crippen molar-refractivity contribution in [2.75, 3.05) is 16.0 Å². The number of hydrogen-bond acceptors (Lipinski definition) is 8. The van der Waals surface area contributed by atoms with Crippen molar-refractivity contribution in [1.29, 1.82) is 5.26 Å². The summed E-state index contributed by atoms with van der Waals surface area (Å²) in [5.41, 5.74) is -2.96. The molecule has 0 saturated carbocycles. The Morgan fingerprint density at radius 1 is 0.867 bits per heavy atom. The molecule has 1 aromatic heterocycles. The number of ether oxygens (including phenoxy) is 1. The molecule has 1 heterocycles. The van der Waals surface area contributed by atoms with Crippen molar-refractivity contribution in [2.45, 2.75) is 46.4 Å². The number of fused-ring (bicyclic) bond motifs is 1. The summed E-state index contributed by atoms with van der Waals surface area (Å²) in [6.45, 7) is 7.25. The van der Waals surface area contributed by atoms with Crippen LogP contribution in [-0.2, 0) is 20.5 Å². The number of nitrogens with one attached hydrogen (secondary N) is 3. The van der Waals surface area contributed by atoms with Crippen molar-refractivity contribution < 1.29 is 41.6 Å². The lowest BCUT2D eigenvalue weighted by atomic mass is 9.95. The van der Waals surface area contributed by atoms with Crippen LogP contribution in [0, 0.1) is 11.3 Å². The van der Waals surface area contributed by atoms with Crippen LogP contribution in [0.3, 0.4) is 0 Å². The Kier molecular flexibility index (Phi) is 8.67. The molecule has 232 valence electrons. The summed E-state index contributed by atoms with van der Waals surface area (Å²) in [5.74, 6) is -2.84. The zero-order valence-electron chi connectivity index (χ0n) is 24.6. The van der Waals surface area contributed by atoms with E-state index >= 15 is 0 Å². The lowest BCUT2D eigenvalue weighted by Crippen LogP contribution is -2.25. The Hall–Kier alpha value is -5.71. The topological polar surface area (TPSA) is 163 Å². The fourth-order valence-electron chi connectivity index (χ4n) is 4.36. The Balaban J connectivity index is 1.81. The monoisotopic (exact) mass is 621 g/mol. The first kappa shape index (κ1) is 32.2. The van der Waals surface area contributed by atoms with Crippen molar-refractivity contribution in [3.05, 3.63) is 70.9 Å². The van der Waals surface area contributed by atoms with Gasteiger partial charge in [0.1, 0.15) is 5.60 Å². The molecule has 0 aliphatic rings. The molecule has 0 aliphatic heterocycles. The van der Waals surface area contributed by atoms with Gasteiger partial charge < -0.3 is 25.2 Å². The molecular weight excluding hydrogens is 595 g/mol. The van der Waals surface area contributed by atoms with Crippen LogP contribution in [-0.4, -0.2) is 34.4 Å². The van der Waals surface area contributed by atoms with Gasteiger partial charge in [-0.3, -0.25) is 14.4 Å². The third kappa shape index (κ3) is 7.45. The molecule has 0 fully saturated rings. The molecule has 3 amide bonds. The van der Waals surface area contributed by atoms with Gasteiger partial charge in [-0.15, -0.1) is 0 Å². The van der Waals surface area contributed by atoms with Gasteiger partial charge in [0.15, 0.2) is 11.3 Å². The zero-order chi connectivity index (χ0) is 33.3. The lowest BCUT2D eigenvalue weighted by Gasteiger charge is -2.20. The van der Waals surface area contributed by atoms with Gasteiger partial charge in [0.05, 0.1) is 33.8 Å². The number of amides is 3. The molecule has 3 aromatic carbocycles. The minimum Gasteiger partial charge on any atom is -0.456 e. The Morgan fingerprint density at radius 2 is 1.56 bits per heavy atom. The molecule has 0 unspecified atom stereocenters. The van der Waals surface area contributed by atoms with Crippen molar-refractivity contribution in [1.82, 2.24) is 5.16 Å². The zero-order valence-corrected chi connectivity index (χ0v) is 24.6. The molecule has 0 saturated heterocycles. The maximum atomic E-state index is 14.2. The summed E-state index contributed by atoms with van der Waals surface area (Å²) < 4.78 is 53.2. The highest BCUT2D eigenvalue weighted by Gasteiger charge is 2.35. The summed E-state index contributed by atoms with van der Waals surface area (Å²) in [6.07, 6.45) is -4.86. The van der Waals surface area contributed by atoms with Crippen LogP contribution in [0.2, 0.25) is 0 Å². The molecule has 14 heteroatoms. The number of nitriles is 1. The average Bonchev–Trinajstić information content (AvgIpc) is 3.33. The van der Waals surface area contributed by atoms with Crippen LogP contribution in [0.4, 0.5) is 30.2 Å². The number of carbonyl (C=O) groups is 4. The number of rotatable bonds is 6. The van der Waals surface area contributed by atoms with E-state index in [9.17, 15) is 37.6 Å². The first-order chi connectivity index (χ1) is 21.0. The number of aromatic nitrogens is 1. The van der Waals surface area contributed by atoms with Crippen molar-refractivity contribution >= 4 is 51.7 Å². The van der Waals surface area contributed by atoms with Crippen LogP contribution in [0.15, 0.2) is 53.1 Å². The normalized spacial score (nSPS) is 11.4. The summed E-state index contributed by atoms with van der Waals surface area (Å²) in [5, 5.41) is 20.5. The van der Waals surface area contributed by atoms with Crippen LogP contribution in [0.25, 0.3) is 22.1 Å². The van der Waals surface area contributed by atoms with Gasteiger partial charge in [-0.05, 0) is 68.8 Å². The van der Waals surface area contributed by atoms with Gasteiger partial charge in [0, 0.05) is 30.8 Å². The lowest BCUT2D eigenvalue weighted by molar-refractivity contribution is -0.137. The molecule has 0 bridgehead atoms. The van der Waals surface area contributed by atoms with Crippen molar-refractivity contribution in [2.24, 2.45) is 0 Å². The number of nitrogens with zero attached hydrogens (tertiary/aromatic N) is 2. The number of alkyl halides is 3. The fourth-order valence-corrected chi connectivity index (χ4v) is 4.36. The van der Waals surface area contributed by atoms with Crippen LogP contribution in [0.1, 0.15) is 66.6 Å². The molecule has 0 spiro atoms. The van der Waals surface area contributed by atoms with Gasteiger partial charge in [-0.1, -0.05) is 11.2 Å². The van der Waals surface area contributed by atoms with E-state index in [-0.39, 0.29) is 56.0 Å². The molecule has 0 radical (unpaired) electrons. The molecule has 4 aromatic rings. The van der Waals surface area contributed by atoms with Crippen LogP contribution in [0.5, 0.6) is 0 Å². The Morgan fingerprint density at radius 3 is 2.16 bits per heavy atom. The maximum Gasteiger partial charge on any atom is 0.417 e. The molecule has 0 aliphatic carbocycles. The third-order valence-electron chi connectivity index (χ3n) is 6.09. The number of carbonyl (C=O) groups excluding carboxylic acids is 4. The van der Waals surface area contributed by atoms with E-state index in [4.69, 9.17) is 9.26 Å². The molecular formula is C31H26F3N5O6. The Bertz CT molecular complexity index is 1900. The first-order valence-electron chi connectivity index (χ1n) is 13.3. The highest BCUT2D eigenvalue weighted by Crippen LogP contribution is 2.43. The molecule has 0 atom stereocenters. The van der Waals surface area contributed by atoms with E-state index in [2.05, 4.69) is 21.1 Å². The average molecular weight is 622 g/mol. The number of anilines is 3. The summed E-state index contributed by atoms with van der Waals surface area (Å²) >= 11 is 0. The second-order valence-electron chi connectivity index (χ2n) is 10.9. The smallest absolute Gasteiger partial charge is 0.417 e. The van der Waals surface area contributed by atoms with Gasteiger partial charge >= 0.3 is 12.1 Å². The number of esters is 1. The summed E-state index contributed by atoms with van der Waals surface area (Å²) in [7, 11) is 0. The summed E-state index contributed by atoms with van der Waals surface area (Å²) in [4.78, 5) is 49.8. The van der Waals surface area contributed by atoms with Gasteiger partial charge in [-0.25, -0.2) is 4.79 Å². The molecule has 4 rings (SSSR count). The van der Waals surface area contributed by atoms with E-state index in [0.717, 1.165) is 26.0 Å². The standard InChI is InChI=1S/C31H26F3N5O6/c1-15(40)36-18-7-8-19(23(11-18)31(32,33)34)20-13-26-22(12-25(20)37-16(2)41)27(39-45-26)28(42)38-24-9-6-17(14-35)10-21(24)29(43)44-30(3,4)5/h6-13H,1-5H3,(H,36,40)(H,37,41)(H,38,42). The fraction of sp³-hybridized carbons (Fsp3) is 0.226. The van der Waals surface area contributed by atoms with Crippen LogP contribution >= 0.6 is 0 Å². The van der Waals surface area contributed by atoms with E-state index < -0.39 is 41.0 Å². The highest BCUT2D eigenvalue weighted by molar-refractivity contribution is 6.14. The SMILES string of the molecule is CC(=O)Nc1ccc(-c2cc3onc(C(=O)Nc4ccc(C#N)cc4C(=O)OC(C)(C)C)c3cc2NC(C)=O)c(C(F)(F)F)c1. The largest absolute Gasteiger partial charge is 0.456 e. The molecule has 11 nitrogen and oxygen atoms in total. The number of hydrogen-bond donors (Lipinski definition) is 3. The van der Waals surface area contributed by atoms with Gasteiger partial charge in [-0.2, -0.15) is 18.4 Å². The quantitative estimate of drug-likeness (QED) is 0.205. The predicted octanol–water partition coefficient (Wildman–Crippen LogP) is 6.51. The number of benzene rings is 3. The number of halogens is 3. The first-order valence-corrected chi connectivity index (χ1v) is 13.3. The Labute approximate surface area is 254 Å². The van der Waals surface area contributed by atoms with E-state index in [1.54, 1.807) is 20.8 Å². The third-order valence-corrected chi connectivity index (χ3v) is 6.09. The van der Waals surface area contributed by atoms with E-state index in [0.29, 0.717) is 0 Å². The minimum absolute atomic E-state index is 0.00261. The van der Waals surface area contributed by atoms with Gasteiger partial charge in [0.2, 0.25) is 11.8 Å². The maximum absolute atomic E-state index is 14.2. The molecule has 45 heavy (non-hydrogen) atoms. The summed E-state index contributed by atoms with van der Waals surface area (Å²) in [6, 6.07) is 11.5. The van der Waals surface area contributed by atoms with Crippen molar-refractivity contribution in [3.63, 3.8) is 0 Å².